The van der Waals surface area contributed by atoms with Crippen molar-refractivity contribution in [2.75, 3.05) is 26.9 Å². The third kappa shape index (κ3) is 4.59. The number of carbonyl (C=O) groups excluding carboxylic acids is 2. The number of aliphatic hydroxyl groups is 1. The first-order valence-electron chi connectivity index (χ1n) is 11.2. The number of nitrogens with zero attached hydrogens (tertiary/aromatic N) is 1. The van der Waals surface area contributed by atoms with E-state index in [4.69, 9.17) is 14.2 Å². The normalized spacial score (nSPS) is 19.2. The van der Waals surface area contributed by atoms with E-state index in [-0.39, 0.29) is 17.4 Å². The maximum atomic E-state index is 13.1. The van der Waals surface area contributed by atoms with E-state index in [0.29, 0.717) is 37.5 Å². The Morgan fingerprint density at radius 3 is 2.64 bits per heavy atom. The number of fused-ring (bicyclic) bond motifs is 1. The Kier molecular flexibility index (Phi) is 6.70. The van der Waals surface area contributed by atoms with E-state index in [1.54, 1.807) is 19.2 Å². The molecule has 0 aliphatic carbocycles. The number of likely N-dealkylation sites (tertiary alicyclic amines) is 1. The van der Waals surface area contributed by atoms with Crippen molar-refractivity contribution in [3.8, 4) is 11.5 Å². The minimum atomic E-state index is -0.695. The van der Waals surface area contributed by atoms with Crippen LogP contribution in [-0.2, 0) is 20.7 Å². The fraction of sp³-hybridized carbons (Fsp3) is 0.385. The predicted molar refractivity (Wildman–Crippen MR) is 123 cm³/mol. The molecule has 1 saturated heterocycles. The van der Waals surface area contributed by atoms with Crippen molar-refractivity contribution in [1.82, 2.24) is 4.90 Å². The van der Waals surface area contributed by atoms with Crippen LogP contribution in [0.5, 0.6) is 11.5 Å². The fourth-order valence-electron chi connectivity index (χ4n) is 4.33. The molecule has 1 unspecified atom stereocenters. The number of methoxy groups -OCH3 is 1. The maximum absolute atomic E-state index is 13.1. The summed E-state index contributed by atoms with van der Waals surface area (Å²) in [6.45, 7) is 5.28. The number of hydrogen-bond donors (Lipinski definition) is 1. The Morgan fingerprint density at radius 2 is 1.94 bits per heavy atom. The van der Waals surface area contributed by atoms with Gasteiger partial charge in [0.25, 0.3) is 11.7 Å². The molecule has 2 aromatic rings. The van der Waals surface area contributed by atoms with E-state index >= 15 is 0 Å². The van der Waals surface area contributed by atoms with E-state index in [0.717, 1.165) is 23.3 Å². The molecule has 1 amide bonds. The van der Waals surface area contributed by atoms with Crippen molar-refractivity contribution < 1.29 is 28.9 Å². The molecule has 0 bridgehead atoms. The van der Waals surface area contributed by atoms with Gasteiger partial charge in [0.05, 0.1) is 24.3 Å². The van der Waals surface area contributed by atoms with Crippen LogP contribution in [0.3, 0.4) is 0 Å². The first-order chi connectivity index (χ1) is 15.9. The van der Waals surface area contributed by atoms with Gasteiger partial charge in [-0.1, -0.05) is 12.1 Å². The molecule has 7 nitrogen and oxygen atoms in total. The lowest BCUT2D eigenvalue weighted by molar-refractivity contribution is -0.140. The lowest BCUT2D eigenvalue weighted by Crippen LogP contribution is -2.31. The van der Waals surface area contributed by atoms with Gasteiger partial charge in [-0.2, -0.15) is 0 Å². The second-order valence-electron chi connectivity index (χ2n) is 8.50. The number of hydrogen-bond acceptors (Lipinski definition) is 6. The van der Waals surface area contributed by atoms with Crippen molar-refractivity contribution >= 4 is 17.4 Å². The Labute approximate surface area is 193 Å². The van der Waals surface area contributed by atoms with Gasteiger partial charge in [0.2, 0.25) is 0 Å². The van der Waals surface area contributed by atoms with Crippen molar-refractivity contribution in [1.29, 1.82) is 0 Å². The zero-order valence-electron chi connectivity index (χ0n) is 19.2. The van der Waals surface area contributed by atoms with Gasteiger partial charge in [-0.25, -0.2) is 0 Å². The number of ether oxygens (including phenoxy) is 3. The fourth-order valence-corrected chi connectivity index (χ4v) is 4.33. The number of benzene rings is 2. The highest BCUT2D eigenvalue weighted by Gasteiger charge is 2.45. The van der Waals surface area contributed by atoms with E-state index in [1.807, 2.05) is 44.2 Å². The number of aliphatic hydroxyl groups excluding tert-OH is 1. The smallest absolute Gasteiger partial charge is 0.295 e. The summed E-state index contributed by atoms with van der Waals surface area (Å²) in [5.41, 5.74) is 2.29. The Bertz CT molecular complexity index is 1070. The summed E-state index contributed by atoms with van der Waals surface area (Å²) < 4.78 is 16.4. The summed E-state index contributed by atoms with van der Waals surface area (Å²) in [6, 6.07) is 11.9. The minimum Gasteiger partial charge on any atom is -0.507 e. The molecule has 0 spiro atoms. The van der Waals surface area contributed by atoms with E-state index in [2.05, 4.69) is 0 Å². The molecule has 7 heteroatoms. The molecule has 0 saturated carbocycles. The molecule has 0 aromatic heterocycles. The first-order valence-corrected chi connectivity index (χ1v) is 11.2. The standard InChI is InChI=1S/C26H29NO6/c1-16(2)33-20-8-5-17(6-9-20)23-22(25(29)26(30)27(23)12-4-13-31-3)24(28)19-7-10-21-18(15-19)11-14-32-21/h5-10,15-16,23,28H,4,11-14H2,1-3H3/b24-22-. The first kappa shape index (κ1) is 22.9. The summed E-state index contributed by atoms with van der Waals surface area (Å²) in [7, 11) is 1.59. The number of ketones is 1. The zero-order chi connectivity index (χ0) is 23.5. The highest BCUT2D eigenvalue weighted by molar-refractivity contribution is 6.46. The zero-order valence-corrected chi connectivity index (χ0v) is 19.2. The lowest BCUT2D eigenvalue weighted by Gasteiger charge is -2.25. The third-order valence-corrected chi connectivity index (χ3v) is 5.82. The molecule has 2 aliphatic heterocycles. The largest absolute Gasteiger partial charge is 0.507 e. The van der Waals surface area contributed by atoms with Crippen LogP contribution in [0.25, 0.3) is 5.76 Å². The SMILES string of the molecule is COCCCN1C(=O)C(=O)/C(=C(\O)c2ccc3c(c2)CCO3)C1c1ccc(OC(C)C)cc1. The average molecular weight is 452 g/mol. The highest BCUT2D eigenvalue weighted by Crippen LogP contribution is 2.40. The van der Waals surface area contributed by atoms with Gasteiger partial charge in [-0.3, -0.25) is 9.59 Å². The molecule has 1 fully saturated rings. The average Bonchev–Trinajstić information content (AvgIpc) is 3.36. The molecular weight excluding hydrogens is 422 g/mol. The topological polar surface area (TPSA) is 85.3 Å². The Morgan fingerprint density at radius 1 is 1.18 bits per heavy atom. The van der Waals surface area contributed by atoms with Gasteiger partial charge in [-0.15, -0.1) is 0 Å². The van der Waals surface area contributed by atoms with Crippen LogP contribution >= 0.6 is 0 Å². The van der Waals surface area contributed by atoms with Gasteiger partial charge >= 0.3 is 0 Å². The summed E-state index contributed by atoms with van der Waals surface area (Å²) in [6.07, 6.45) is 1.34. The van der Waals surface area contributed by atoms with Gasteiger partial charge < -0.3 is 24.2 Å². The molecule has 174 valence electrons. The molecule has 4 rings (SSSR count). The Hall–Kier alpha value is -3.32. The van der Waals surface area contributed by atoms with Crippen LogP contribution < -0.4 is 9.47 Å². The van der Waals surface area contributed by atoms with Crippen molar-refractivity contribution in [3.63, 3.8) is 0 Å². The van der Waals surface area contributed by atoms with Crippen LogP contribution in [0.15, 0.2) is 48.0 Å². The summed E-state index contributed by atoms with van der Waals surface area (Å²) in [5, 5.41) is 11.2. The number of amides is 1. The van der Waals surface area contributed by atoms with Crippen LogP contribution in [0, 0.1) is 0 Å². The van der Waals surface area contributed by atoms with Crippen molar-refractivity contribution in [2.45, 2.75) is 38.8 Å². The van der Waals surface area contributed by atoms with Gasteiger partial charge in [0.15, 0.2) is 0 Å². The third-order valence-electron chi connectivity index (χ3n) is 5.82. The second kappa shape index (κ2) is 9.67. The second-order valence-corrected chi connectivity index (χ2v) is 8.50. The quantitative estimate of drug-likeness (QED) is 0.284. The molecule has 2 aliphatic rings. The van der Waals surface area contributed by atoms with Crippen LogP contribution in [0.2, 0.25) is 0 Å². The van der Waals surface area contributed by atoms with E-state index < -0.39 is 17.7 Å². The Balaban J connectivity index is 1.76. The van der Waals surface area contributed by atoms with E-state index in [9.17, 15) is 14.7 Å². The number of rotatable bonds is 8. The van der Waals surface area contributed by atoms with Gasteiger partial charge in [0.1, 0.15) is 17.3 Å². The summed E-state index contributed by atoms with van der Waals surface area (Å²) >= 11 is 0. The summed E-state index contributed by atoms with van der Waals surface area (Å²) in [5.74, 6) is -0.00353. The monoisotopic (exact) mass is 451 g/mol. The van der Waals surface area contributed by atoms with Crippen molar-refractivity contribution in [2.24, 2.45) is 0 Å². The molecule has 1 N–H and O–H groups in total. The minimum absolute atomic E-state index is 0.0271. The van der Waals surface area contributed by atoms with Crippen LogP contribution in [0.4, 0.5) is 0 Å². The maximum Gasteiger partial charge on any atom is 0.295 e. The summed E-state index contributed by atoms with van der Waals surface area (Å²) in [4.78, 5) is 27.6. The molecule has 1 atom stereocenters. The van der Waals surface area contributed by atoms with Gasteiger partial charge in [-0.05, 0) is 61.7 Å². The van der Waals surface area contributed by atoms with Crippen LogP contribution in [0.1, 0.15) is 43.0 Å². The number of Topliss-reactive ketones (excluding diaryl/α,β-unsaturated/α-hetero) is 1. The predicted octanol–water partition coefficient (Wildman–Crippen LogP) is 3.87. The lowest BCUT2D eigenvalue weighted by atomic mass is 9.94. The molecule has 0 radical (unpaired) electrons. The molecular formula is C26H29NO6. The number of carbonyl (C=O) groups is 2. The van der Waals surface area contributed by atoms with Crippen LogP contribution in [-0.4, -0.2) is 54.7 Å². The molecule has 2 aromatic carbocycles. The van der Waals surface area contributed by atoms with E-state index in [1.165, 1.54) is 4.90 Å². The van der Waals surface area contributed by atoms with Gasteiger partial charge in [0, 0.05) is 32.2 Å². The molecule has 2 heterocycles. The van der Waals surface area contributed by atoms with Crippen molar-refractivity contribution in [3.05, 3.63) is 64.7 Å². The molecule has 33 heavy (non-hydrogen) atoms. The highest BCUT2D eigenvalue weighted by atomic mass is 16.5.